The molecule has 1 aliphatic heterocycles. The van der Waals surface area contributed by atoms with E-state index in [4.69, 9.17) is 11.5 Å². The van der Waals surface area contributed by atoms with Crippen molar-refractivity contribution in [3.63, 3.8) is 0 Å². The molecule has 1 aliphatic rings. The molecule has 0 bridgehead atoms. The minimum absolute atomic E-state index is 0.0498. The lowest BCUT2D eigenvalue weighted by molar-refractivity contribution is -0.144. The van der Waals surface area contributed by atoms with Crippen LogP contribution in [0, 0.1) is 11.8 Å². The minimum Gasteiger partial charge on any atom is -0.508 e. The molecule has 25 N–H and O–H groups in total. The van der Waals surface area contributed by atoms with Crippen LogP contribution in [0.25, 0.3) is 0 Å². The van der Waals surface area contributed by atoms with Gasteiger partial charge in [0.2, 0.25) is 94.5 Å². The van der Waals surface area contributed by atoms with Crippen LogP contribution in [0.1, 0.15) is 129 Å². The van der Waals surface area contributed by atoms with E-state index >= 15 is 0 Å². The topological polar surface area (TPSA) is 741 Å². The summed E-state index contributed by atoms with van der Waals surface area (Å²) in [6.45, 7) is 2.68. The first-order valence-electron chi connectivity index (χ1n) is 37.5. The lowest BCUT2D eigenvalue weighted by atomic mass is 9.96. The quantitative estimate of drug-likeness (QED) is 0.0293. The average Bonchev–Trinajstić information content (AvgIpc) is 1.72. The second-order valence-electron chi connectivity index (χ2n) is 28.0. The summed E-state index contributed by atoms with van der Waals surface area (Å²) >= 11 is 0. The van der Waals surface area contributed by atoms with Crippen molar-refractivity contribution in [2.75, 3.05) is 39.3 Å². The maximum absolute atomic E-state index is 14.9. The summed E-state index contributed by atoms with van der Waals surface area (Å²) in [5.41, 5.74) is 11.0. The van der Waals surface area contributed by atoms with Gasteiger partial charge in [-0.05, 0) is 80.0 Å². The number of carbonyl (C=O) groups is 22. The zero-order valence-electron chi connectivity index (χ0n) is 65.5. The van der Waals surface area contributed by atoms with Gasteiger partial charge in [-0.15, -0.1) is 0 Å². The number of aliphatic carboxylic acids is 6. The molecule has 46 heteroatoms. The minimum atomic E-state index is -2.10. The van der Waals surface area contributed by atoms with Gasteiger partial charge in [-0.25, -0.2) is 4.79 Å². The lowest BCUT2D eigenvalue weighted by Crippen LogP contribution is -2.61. The van der Waals surface area contributed by atoms with Crippen LogP contribution in [0.2, 0.25) is 0 Å². The largest absolute Gasteiger partial charge is 0.508 e. The van der Waals surface area contributed by atoms with Crippen LogP contribution in [-0.4, -0.2) is 277 Å². The number of nitrogens with two attached hydrogens (primary N) is 2. The third-order valence-electron chi connectivity index (χ3n) is 18.0. The third-order valence-corrected chi connectivity index (χ3v) is 18.0. The predicted molar refractivity (Wildman–Crippen MR) is 407 cm³/mol. The highest BCUT2D eigenvalue weighted by Gasteiger charge is 2.43. The number of phenolic OH excluding ortho intramolecular Hbond substituents is 1. The predicted octanol–water partition coefficient (Wildman–Crippen LogP) is -7.57. The van der Waals surface area contributed by atoms with Crippen LogP contribution in [0.15, 0.2) is 54.6 Å². The Morgan fingerprint density at radius 1 is 0.420 bits per heavy atom. The third kappa shape index (κ3) is 37.8. The van der Waals surface area contributed by atoms with Gasteiger partial charge in [-0.3, -0.25) is 101 Å². The van der Waals surface area contributed by atoms with Crippen LogP contribution in [-0.2, 0) is 118 Å². The first-order chi connectivity index (χ1) is 56.0. The number of hydrogen-bond acceptors (Lipinski definition) is 24. The number of carboxylic acid groups (broad SMARTS) is 6. The molecule has 1 heterocycles. The van der Waals surface area contributed by atoms with E-state index in [0.29, 0.717) is 5.56 Å². The first kappa shape index (κ1) is 99.7. The van der Waals surface area contributed by atoms with Crippen molar-refractivity contribution < 1.29 is 141 Å². The molecule has 0 radical (unpaired) electrons. The summed E-state index contributed by atoms with van der Waals surface area (Å²) < 4.78 is 0. The van der Waals surface area contributed by atoms with Gasteiger partial charge in [0, 0.05) is 45.1 Å². The van der Waals surface area contributed by atoms with E-state index in [1.54, 1.807) is 26.8 Å². The first-order valence-corrected chi connectivity index (χ1v) is 37.5. The maximum Gasteiger partial charge on any atom is 0.326 e. The van der Waals surface area contributed by atoms with Crippen LogP contribution < -0.4 is 85.9 Å². The smallest absolute Gasteiger partial charge is 0.326 e. The van der Waals surface area contributed by atoms with Crippen molar-refractivity contribution in [1.82, 2.24) is 79.3 Å². The average molecular weight is 1680 g/mol. The molecule has 654 valence electrons. The standard InChI is InChI=1S/C73H103N17O29/c1-5-37(4)62(72(117)90-25-9-12-50(90)71(116)85-43(19-23-59(102)103)65(110)82-42(18-22-58(100)101)66(111)86-46(28-39-13-15-40(91)16-14-39)69(114)88-49(73(118)119)26-36(2)3)89-67(112)44(20-24-60(104)105)83-64(109)41(17-21-57(98)99)84-68(113)45(27-38-10-7-6-8-11-38)87-70(115)48(30-61(106)107)81-56(97)35-79-63(108)47(29-51(75)92)80-55(96)34-78-54(95)33-77-53(94)32-76-52(93)31-74/h6-8,10-11,13-16,36-37,41-50,62,91H,5,9,12,17-35,74H2,1-4H3,(H2,75,92)(H,76,93)(H,77,94)(H,78,95)(H,79,108)(H,80,96)(H,81,97)(H,82,110)(H,83,109)(H,84,113)(H,85,116)(H,86,111)(H,87,115)(H,88,114)(H,89,112)(H,98,99)(H,100,101)(H,102,103)(H,104,105)(H,106,107)(H,118,119)/t37-,41-,42-,43-,44-,45-,46-,47-,48-,49-,50-,62-/m0/s1. The SMILES string of the molecule is CC[C@H](C)[C@H](NC(=O)[C@H](CCC(=O)O)NC(=O)[C@H](CCC(=O)O)NC(=O)[C@H](Cc1ccccc1)NC(=O)[C@H](CC(=O)O)NC(=O)CNC(=O)[C@H](CC(N)=O)NC(=O)CNC(=O)CNC(=O)CNC(=O)CN)C(=O)N1CCC[C@H]1C(=O)N[C@@H](CCC(=O)O)C(=O)N[C@@H](CCC(=O)O)C(=O)N[C@@H](Cc1ccc(O)cc1)C(=O)N[C@@H](CC(C)C)C(=O)O. The van der Waals surface area contributed by atoms with Gasteiger partial charge in [0.25, 0.3) is 0 Å². The number of hydrogen-bond donors (Lipinski definition) is 23. The number of amides is 16. The second-order valence-corrected chi connectivity index (χ2v) is 28.0. The van der Waals surface area contributed by atoms with Crippen LogP contribution >= 0.6 is 0 Å². The van der Waals surface area contributed by atoms with Crippen molar-refractivity contribution >= 4 is 130 Å². The van der Waals surface area contributed by atoms with Crippen LogP contribution in [0.5, 0.6) is 5.75 Å². The van der Waals surface area contributed by atoms with Gasteiger partial charge >= 0.3 is 35.8 Å². The normalized spacial score (nSPS) is 14.9. The molecule has 2 aromatic rings. The van der Waals surface area contributed by atoms with Gasteiger partial charge in [0.15, 0.2) is 0 Å². The van der Waals surface area contributed by atoms with Gasteiger partial charge in [0.05, 0.1) is 45.6 Å². The number of rotatable bonds is 54. The lowest BCUT2D eigenvalue weighted by Gasteiger charge is -2.33. The summed E-state index contributed by atoms with van der Waals surface area (Å²) in [6, 6.07) is -6.85. The molecule has 0 spiro atoms. The number of benzene rings is 2. The van der Waals surface area contributed by atoms with Crippen molar-refractivity contribution in [1.29, 1.82) is 0 Å². The number of nitrogens with one attached hydrogen (secondary N) is 14. The number of carboxylic acids is 6. The van der Waals surface area contributed by atoms with Crippen molar-refractivity contribution in [2.45, 2.75) is 197 Å². The highest BCUT2D eigenvalue weighted by molar-refractivity contribution is 6.01. The Morgan fingerprint density at radius 3 is 1.21 bits per heavy atom. The van der Waals surface area contributed by atoms with Gasteiger partial charge in [-0.2, -0.15) is 0 Å². The zero-order chi connectivity index (χ0) is 89.3. The fourth-order valence-electron chi connectivity index (χ4n) is 11.6. The molecule has 1 fully saturated rings. The molecule has 46 nitrogen and oxygen atoms in total. The summed E-state index contributed by atoms with van der Waals surface area (Å²) in [4.78, 5) is 290. The number of primary amides is 1. The second kappa shape index (κ2) is 50.8. The molecular weight excluding hydrogens is 1580 g/mol. The van der Waals surface area contributed by atoms with E-state index < -0.39 is 306 Å². The fraction of sp³-hybridized carbons (Fsp3) is 0.534. The van der Waals surface area contributed by atoms with Gasteiger partial charge in [-0.1, -0.05) is 76.6 Å². The molecule has 0 aliphatic carbocycles. The Labute approximate surface area is 679 Å². The Bertz CT molecular complexity index is 4000. The Kier molecular flexibility index (Phi) is 42.6. The van der Waals surface area contributed by atoms with E-state index in [0.717, 1.165) is 4.90 Å². The highest BCUT2D eigenvalue weighted by atomic mass is 16.4. The van der Waals surface area contributed by atoms with E-state index in [2.05, 4.69) is 74.4 Å². The van der Waals surface area contributed by atoms with E-state index in [1.807, 2.05) is 0 Å². The van der Waals surface area contributed by atoms with Crippen molar-refractivity contribution in [3.05, 3.63) is 65.7 Å². The summed E-state index contributed by atoms with van der Waals surface area (Å²) in [5.74, 6) is -28.4. The summed E-state index contributed by atoms with van der Waals surface area (Å²) in [7, 11) is 0. The molecule has 0 unspecified atom stereocenters. The van der Waals surface area contributed by atoms with Crippen LogP contribution in [0.3, 0.4) is 0 Å². The number of nitrogens with zero attached hydrogens (tertiary/aromatic N) is 1. The number of aromatic hydroxyl groups is 1. The van der Waals surface area contributed by atoms with Crippen LogP contribution in [0.4, 0.5) is 0 Å². The van der Waals surface area contributed by atoms with Crippen molar-refractivity contribution in [2.24, 2.45) is 23.3 Å². The zero-order valence-corrected chi connectivity index (χ0v) is 65.5. The monoisotopic (exact) mass is 1680 g/mol. The molecule has 16 amide bonds. The van der Waals surface area contributed by atoms with E-state index in [9.17, 15) is 141 Å². The number of carbonyl (C=O) groups excluding carboxylic acids is 16. The van der Waals surface area contributed by atoms with E-state index in [-0.39, 0.29) is 55.9 Å². The molecule has 0 saturated carbocycles. The molecule has 1 saturated heterocycles. The van der Waals surface area contributed by atoms with Gasteiger partial charge < -0.3 is 127 Å². The van der Waals surface area contributed by atoms with Gasteiger partial charge in [0.1, 0.15) is 72.2 Å². The number of phenols is 1. The molecule has 0 aromatic heterocycles. The summed E-state index contributed by atoms with van der Waals surface area (Å²) in [5, 5.41) is 100. The maximum atomic E-state index is 14.9. The highest BCUT2D eigenvalue weighted by Crippen LogP contribution is 2.23. The molecule has 2 aromatic carbocycles. The molecule has 3 rings (SSSR count). The number of likely N-dealkylation sites (tertiary alicyclic amines) is 1. The molecular formula is C73H103N17O29. The Morgan fingerprint density at radius 2 is 0.798 bits per heavy atom. The van der Waals surface area contributed by atoms with E-state index in [1.165, 1.54) is 55.5 Å². The Balaban J connectivity index is 1.92. The molecule has 12 atom stereocenters. The van der Waals surface area contributed by atoms with Crippen molar-refractivity contribution in [3.8, 4) is 5.75 Å². The fourth-order valence-corrected chi connectivity index (χ4v) is 11.6. The Hall–Kier alpha value is -13.5. The summed E-state index contributed by atoms with van der Waals surface area (Å²) in [6.07, 6.45) is -9.21. The molecule has 119 heavy (non-hydrogen) atoms.